The molecular weight excluding hydrogens is 136 g/mol. The van der Waals surface area contributed by atoms with Crippen LogP contribution in [0.15, 0.2) is 11.6 Å². The first-order chi connectivity index (χ1) is 5.33. The molecule has 0 atom stereocenters. The zero-order valence-electron chi connectivity index (χ0n) is 7.23. The van der Waals surface area contributed by atoms with Crippen LogP contribution in [0.2, 0.25) is 0 Å². The van der Waals surface area contributed by atoms with Crippen LogP contribution < -0.4 is 0 Å². The van der Waals surface area contributed by atoms with Crippen molar-refractivity contribution in [2.75, 3.05) is 0 Å². The molecule has 1 aliphatic rings. The minimum Gasteiger partial charge on any atom is -0.295 e. The number of rotatable bonds is 3. The van der Waals surface area contributed by atoms with Crippen molar-refractivity contribution < 1.29 is 4.79 Å². The monoisotopic (exact) mass is 152 g/mol. The molecule has 0 unspecified atom stereocenters. The van der Waals surface area contributed by atoms with E-state index in [2.05, 4.69) is 6.92 Å². The van der Waals surface area contributed by atoms with Crippen molar-refractivity contribution in [3.63, 3.8) is 0 Å². The Hall–Kier alpha value is -0.590. The third-order valence-corrected chi connectivity index (χ3v) is 2.14. The molecule has 0 spiro atoms. The van der Waals surface area contributed by atoms with Crippen molar-refractivity contribution in [2.24, 2.45) is 0 Å². The lowest BCUT2D eigenvalue weighted by atomic mass is 9.95. The van der Waals surface area contributed by atoms with Crippen LogP contribution in [0.1, 0.15) is 45.4 Å². The standard InChI is InChI=1S/C10H16O/c1-2-3-5-9-6-4-7-10(11)8-9/h8H,2-7H2,1H3. The Morgan fingerprint density at radius 2 is 2.27 bits per heavy atom. The molecule has 0 aliphatic heterocycles. The molecule has 0 amide bonds. The summed E-state index contributed by atoms with van der Waals surface area (Å²) in [6.07, 6.45) is 8.47. The third kappa shape index (κ3) is 2.87. The molecule has 0 radical (unpaired) electrons. The normalized spacial score (nSPS) is 18.3. The summed E-state index contributed by atoms with van der Waals surface area (Å²) in [5, 5.41) is 0. The predicted molar refractivity (Wildman–Crippen MR) is 46.5 cm³/mol. The Bertz CT molecular complexity index is 168. The largest absolute Gasteiger partial charge is 0.295 e. The van der Waals surface area contributed by atoms with Gasteiger partial charge in [0, 0.05) is 6.42 Å². The van der Waals surface area contributed by atoms with Gasteiger partial charge in [0.1, 0.15) is 0 Å². The zero-order valence-corrected chi connectivity index (χ0v) is 7.23. The van der Waals surface area contributed by atoms with E-state index >= 15 is 0 Å². The number of allylic oxidation sites excluding steroid dienone is 2. The fraction of sp³-hybridized carbons (Fsp3) is 0.700. The molecule has 0 aromatic heterocycles. The number of unbranched alkanes of at least 4 members (excludes halogenated alkanes) is 1. The van der Waals surface area contributed by atoms with Crippen LogP contribution in [0.3, 0.4) is 0 Å². The predicted octanol–water partition coefficient (Wildman–Crippen LogP) is 2.86. The second kappa shape index (κ2) is 4.32. The highest BCUT2D eigenvalue weighted by molar-refractivity contribution is 5.91. The lowest BCUT2D eigenvalue weighted by molar-refractivity contribution is -0.115. The van der Waals surface area contributed by atoms with Gasteiger partial charge in [-0.3, -0.25) is 4.79 Å². The highest BCUT2D eigenvalue weighted by Gasteiger charge is 2.08. The number of hydrogen-bond acceptors (Lipinski definition) is 1. The van der Waals surface area contributed by atoms with Crippen molar-refractivity contribution >= 4 is 5.78 Å². The molecule has 11 heavy (non-hydrogen) atoms. The third-order valence-electron chi connectivity index (χ3n) is 2.14. The fourth-order valence-electron chi connectivity index (χ4n) is 1.46. The summed E-state index contributed by atoms with van der Waals surface area (Å²) in [6.45, 7) is 2.19. The molecule has 1 nitrogen and oxygen atoms in total. The molecule has 1 aliphatic carbocycles. The summed E-state index contributed by atoms with van der Waals surface area (Å²) < 4.78 is 0. The summed E-state index contributed by atoms with van der Waals surface area (Å²) >= 11 is 0. The van der Waals surface area contributed by atoms with Crippen LogP contribution in [-0.2, 0) is 4.79 Å². The van der Waals surface area contributed by atoms with Crippen LogP contribution in [-0.4, -0.2) is 5.78 Å². The average molecular weight is 152 g/mol. The van der Waals surface area contributed by atoms with E-state index in [9.17, 15) is 4.79 Å². The first kappa shape index (κ1) is 8.51. The topological polar surface area (TPSA) is 17.1 Å². The second-order valence-corrected chi connectivity index (χ2v) is 3.23. The SMILES string of the molecule is CCCCC1=CC(=O)CCC1. The van der Waals surface area contributed by atoms with Gasteiger partial charge in [-0.1, -0.05) is 18.9 Å². The lowest BCUT2D eigenvalue weighted by Gasteiger charge is -2.10. The van der Waals surface area contributed by atoms with Crippen molar-refractivity contribution in [1.29, 1.82) is 0 Å². The Kier molecular flexibility index (Phi) is 3.34. The minimum absolute atomic E-state index is 0.336. The summed E-state index contributed by atoms with van der Waals surface area (Å²) in [6, 6.07) is 0. The highest BCUT2D eigenvalue weighted by atomic mass is 16.1. The summed E-state index contributed by atoms with van der Waals surface area (Å²) in [5.41, 5.74) is 1.38. The molecular formula is C10H16O. The van der Waals surface area contributed by atoms with E-state index in [1.54, 1.807) is 0 Å². The van der Waals surface area contributed by atoms with Crippen molar-refractivity contribution in [3.05, 3.63) is 11.6 Å². The maximum absolute atomic E-state index is 11.0. The Labute approximate surface area is 68.5 Å². The average Bonchev–Trinajstić information content (AvgIpc) is 2.01. The van der Waals surface area contributed by atoms with E-state index in [1.165, 1.54) is 18.4 Å². The quantitative estimate of drug-likeness (QED) is 0.607. The highest BCUT2D eigenvalue weighted by Crippen LogP contribution is 2.19. The Morgan fingerprint density at radius 1 is 1.45 bits per heavy atom. The van der Waals surface area contributed by atoms with E-state index in [4.69, 9.17) is 0 Å². The molecule has 0 bridgehead atoms. The molecule has 0 saturated carbocycles. The maximum Gasteiger partial charge on any atom is 0.155 e. The van der Waals surface area contributed by atoms with Gasteiger partial charge in [-0.2, -0.15) is 0 Å². The fourth-order valence-corrected chi connectivity index (χ4v) is 1.46. The van der Waals surface area contributed by atoms with Gasteiger partial charge in [0.2, 0.25) is 0 Å². The van der Waals surface area contributed by atoms with Crippen LogP contribution in [0, 0.1) is 0 Å². The van der Waals surface area contributed by atoms with Gasteiger partial charge in [0.25, 0.3) is 0 Å². The number of ketones is 1. The molecule has 1 rings (SSSR count). The number of hydrogen-bond donors (Lipinski definition) is 0. The van der Waals surface area contributed by atoms with E-state index in [0.717, 1.165) is 25.7 Å². The Morgan fingerprint density at radius 3 is 2.91 bits per heavy atom. The van der Waals surface area contributed by atoms with Gasteiger partial charge >= 0.3 is 0 Å². The molecule has 0 saturated heterocycles. The van der Waals surface area contributed by atoms with E-state index < -0.39 is 0 Å². The molecule has 0 aromatic rings. The lowest BCUT2D eigenvalue weighted by Crippen LogP contribution is -2.02. The van der Waals surface area contributed by atoms with Crippen molar-refractivity contribution in [2.45, 2.75) is 45.4 Å². The van der Waals surface area contributed by atoms with Crippen LogP contribution in [0.4, 0.5) is 0 Å². The number of carbonyl (C=O) groups is 1. The maximum atomic E-state index is 11.0. The molecule has 0 N–H and O–H groups in total. The summed E-state index contributed by atoms with van der Waals surface area (Å²) in [4.78, 5) is 11.0. The molecule has 1 heteroatoms. The minimum atomic E-state index is 0.336. The smallest absolute Gasteiger partial charge is 0.155 e. The van der Waals surface area contributed by atoms with E-state index in [1.807, 2.05) is 6.08 Å². The summed E-state index contributed by atoms with van der Waals surface area (Å²) in [5.74, 6) is 0.336. The van der Waals surface area contributed by atoms with Crippen LogP contribution >= 0.6 is 0 Å². The van der Waals surface area contributed by atoms with Crippen molar-refractivity contribution in [3.8, 4) is 0 Å². The molecule has 0 aromatic carbocycles. The van der Waals surface area contributed by atoms with Crippen LogP contribution in [0.25, 0.3) is 0 Å². The van der Waals surface area contributed by atoms with E-state index in [-0.39, 0.29) is 0 Å². The summed E-state index contributed by atoms with van der Waals surface area (Å²) in [7, 11) is 0. The van der Waals surface area contributed by atoms with Gasteiger partial charge in [0.15, 0.2) is 5.78 Å². The van der Waals surface area contributed by atoms with E-state index in [0.29, 0.717) is 5.78 Å². The van der Waals surface area contributed by atoms with Gasteiger partial charge < -0.3 is 0 Å². The first-order valence-corrected chi connectivity index (χ1v) is 4.55. The van der Waals surface area contributed by atoms with Gasteiger partial charge in [0.05, 0.1) is 0 Å². The molecule has 0 heterocycles. The van der Waals surface area contributed by atoms with Gasteiger partial charge in [-0.05, 0) is 31.8 Å². The second-order valence-electron chi connectivity index (χ2n) is 3.23. The van der Waals surface area contributed by atoms with Gasteiger partial charge in [-0.15, -0.1) is 0 Å². The van der Waals surface area contributed by atoms with Crippen molar-refractivity contribution in [1.82, 2.24) is 0 Å². The van der Waals surface area contributed by atoms with Crippen LogP contribution in [0.5, 0.6) is 0 Å². The van der Waals surface area contributed by atoms with Gasteiger partial charge in [-0.25, -0.2) is 0 Å². The Balaban J connectivity index is 2.37. The number of carbonyl (C=O) groups excluding carboxylic acids is 1. The molecule has 0 fully saturated rings. The molecule has 62 valence electrons. The zero-order chi connectivity index (χ0) is 8.10. The first-order valence-electron chi connectivity index (χ1n) is 4.55.